The Labute approximate surface area is 106 Å². The van der Waals surface area contributed by atoms with Gasteiger partial charge in [0.15, 0.2) is 0 Å². The normalized spacial score (nSPS) is 22.2. The van der Waals surface area contributed by atoms with Crippen LogP contribution in [0.2, 0.25) is 0 Å². The van der Waals surface area contributed by atoms with E-state index in [2.05, 4.69) is 10.6 Å². The molecule has 1 aromatic rings. The van der Waals surface area contributed by atoms with Crippen LogP contribution in [0.4, 0.5) is 10.5 Å². The Kier molecular flexibility index (Phi) is 3.80. The summed E-state index contributed by atoms with van der Waals surface area (Å²) in [4.78, 5) is 11.7. The molecule has 0 saturated heterocycles. The lowest BCUT2D eigenvalue weighted by atomic mass is 10.2. The molecule has 0 aliphatic heterocycles. The first-order valence-electron chi connectivity index (χ1n) is 6.02. The average molecular weight is 244 g/mol. The van der Waals surface area contributed by atoms with Crippen molar-refractivity contribution in [3.63, 3.8) is 0 Å². The Balaban J connectivity index is 1.88. The van der Waals surface area contributed by atoms with Crippen LogP contribution in [0.25, 0.3) is 0 Å². The van der Waals surface area contributed by atoms with Gasteiger partial charge in [0.2, 0.25) is 0 Å². The zero-order chi connectivity index (χ0) is 13.0. The van der Waals surface area contributed by atoms with E-state index in [1.54, 1.807) is 24.3 Å². The van der Waals surface area contributed by atoms with Crippen molar-refractivity contribution < 1.29 is 4.79 Å². The predicted molar refractivity (Wildman–Crippen MR) is 68.9 cm³/mol. The van der Waals surface area contributed by atoms with E-state index < -0.39 is 0 Å². The maximum atomic E-state index is 11.7. The molecular weight excluding hydrogens is 228 g/mol. The second-order valence-electron chi connectivity index (χ2n) is 4.49. The lowest BCUT2D eigenvalue weighted by molar-refractivity contribution is 0.247. The van der Waals surface area contributed by atoms with Crippen molar-refractivity contribution in [2.24, 2.45) is 5.73 Å². The van der Waals surface area contributed by atoms with Crippen LogP contribution in [0.15, 0.2) is 24.3 Å². The van der Waals surface area contributed by atoms with E-state index in [0.717, 1.165) is 19.3 Å². The van der Waals surface area contributed by atoms with Crippen LogP contribution >= 0.6 is 0 Å². The van der Waals surface area contributed by atoms with Crippen molar-refractivity contribution in [2.45, 2.75) is 31.3 Å². The summed E-state index contributed by atoms with van der Waals surface area (Å²) in [5, 5.41) is 14.3. The maximum Gasteiger partial charge on any atom is 0.319 e. The number of nitrogens with zero attached hydrogens (tertiary/aromatic N) is 1. The Morgan fingerprint density at radius 3 is 2.61 bits per heavy atom. The standard InChI is InChI=1S/C13H16N4O/c14-8-9-4-6-10(7-5-9)16-13(18)17-12-3-1-2-11(12)15/h4-7,11-12H,1-3,15H2,(H2,16,17,18). The summed E-state index contributed by atoms with van der Waals surface area (Å²) in [6, 6.07) is 8.62. The molecule has 1 aliphatic carbocycles. The average Bonchev–Trinajstić information content (AvgIpc) is 2.76. The summed E-state index contributed by atoms with van der Waals surface area (Å²) >= 11 is 0. The van der Waals surface area contributed by atoms with E-state index in [9.17, 15) is 4.79 Å². The highest BCUT2D eigenvalue weighted by atomic mass is 16.2. The first-order valence-corrected chi connectivity index (χ1v) is 6.02. The van der Waals surface area contributed by atoms with Gasteiger partial charge in [-0.05, 0) is 43.5 Å². The number of amides is 2. The van der Waals surface area contributed by atoms with Crippen molar-refractivity contribution in [1.82, 2.24) is 5.32 Å². The van der Waals surface area contributed by atoms with Gasteiger partial charge in [0, 0.05) is 17.8 Å². The molecule has 0 aromatic heterocycles. The van der Waals surface area contributed by atoms with Gasteiger partial charge in [0.25, 0.3) is 0 Å². The summed E-state index contributed by atoms with van der Waals surface area (Å²) in [6.45, 7) is 0. The molecule has 1 aliphatic rings. The molecule has 0 heterocycles. The van der Waals surface area contributed by atoms with Gasteiger partial charge in [-0.25, -0.2) is 4.79 Å². The van der Waals surface area contributed by atoms with Gasteiger partial charge in [-0.2, -0.15) is 5.26 Å². The zero-order valence-corrected chi connectivity index (χ0v) is 10.0. The van der Waals surface area contributed by atoms with E-state index in [0.29, 0.717) is 11.3 Å². The van der Waals surface area contributed by atoms with Crippen LogP contribution in [0.3, 0.4) is 0 Å². The monoisotopic (exact) mass is 244 g/mol. The summed E-state index contributed by atoms with van der Waals surface area (Å²) < 4.78 is 0. The number of benzene rings is 1. The van der Waals surface area contributed by atoms with Crippen molar-refractivity contribution in [3.05, 3.63) is 29.8 Å². The molecule has 0 spiro atoms. The summed E-state index contributed by atoms with van der Waals surface area (Å²) in [5.41, 5.74) is 7.11. The van der Waals surface area contributed by atoms with Gasteiger partial charge in [-0.1, -0.05) is 0 Å². The van der Waals surface area contributed by atoms with E-state index in [-0.39, 0.29) is 18.1 Å². The topological polar surface area (TPSA) is 90.9 Å². The number of nitriles is 1. The minimum Gasteiger partial charge on any atom is -0.334 e. The lowest BCUT2D eigenvalue weighted by Gasteiger charge is -2.17. The van der Waals surface area contributed by atoms with Crippen LogP contribution in [0, 0.1) is 11.3 Å². The SMILES string of the molecule is N#Cc1ccc(NC(=O)NC2CCCC2N)cc1. The first-order chi connectivity index (χ1) is 8.69. The van der Waals surface area contributed by atoms with Crippen molar-refractivity contribution in [1.29, 1.82) is 5.26 Å². The fourth-order valence-electron chi connectivity index (χ4n) is 2.13. The third kappa shape index (κ3) is 2.99. The second kappa shape index (κ2) is 5.52. The third-order valence-electron chi connectivity index (χ3n) is 3.16. The lowest BCUT2D eigenvalue weighted by Crippen LogP contribution is -2.45. The fourth-order valence-corrected chi connectivity index (χ4v) is 2.13. The number of nitrogens with two attached hydrogens (primary N) is 1. The number of hydrogen-bond donors (Lipinski definition) is 3. The minimum atomic E-state index is -0.248. The number of carbonyl (C=O) groups is 1. The number of carbonyl (C=O) groups excluding carboxylic acids is 1. The molecule has 2 amide bonds. The Hall–Kier alpha value is -2.06. The number of anilines is 1. The predicted octanol–water partition coefficient (Wildman–Crippen LogP) is 1.56. The van der Waals surface area contributed by atoms with Crippen LogP contribution in [-0.2, 0) is 0 Å². The highest BCUT2D eigenvalue weighted by Gasteiger charge is 2.25. The fraction of sp³-hybridized carbons (Fsp3) is 0.385. The van der Waals surface area contributed by atoms with Crippen LogP contribution in [0.5, 0.6) is 0 Å². The zero-order valence-electron chi connectivity index (χ0n) is 10.0. The van der Waals surface area contributed by atoms with E-state index >= 15 is 0 Å². The largest absolute Gasteiger partial charge is 0.334 e. The van der Waals surface area contributed by atoms with Crippen molar-refractivity contribution in [2.75, 3.05) is 5.32 Å². The van der Waals surface area contributed by atoms with E-state index in [4.69, 9.17) is 11.0 Å². The summed E-state index contributed by atoms with van der Waals surface area (Å²) in [7, 11) is 0. The second-order valence-corrected chi connectivity index (χ2v) is 4.49. The van der Waals surface area contributed by atoms with Gasteiger partial charge in [0.05, 0.1) is 11.6 Å². The van der Waals surface area contributed by atoms with Crippen molar-refractivity contribution in [3.8, 4) is 6.07 Å². The smallest absolute Gasteiger partial charge is 0.319 e. The molecule has 1 aromatic carbocycles. The van der Waals surface area contributed by atoms with Gasteiger partial charge in [-0.3, -0.25) is 0 Å². The van der Waals surface area contributed by atoms with Crippen LogP contribution in [0.1, 0.15) is 24.8 Å². The molecular formula is C13H16N4O. The number of hydrogen-bond acceptors (Lipinski definition) is 3. The van der Waals surface area contributed by atoms with Gasteiger partial charge in [-0.15, -0.1) is 0 Å². The highest BCUT2D eigenvalue weighted by molar-refractivity contribution is 5.89. The Morgan fingerprint density at radius 1 is 1.33 bits per heavy atom. The van der Waals surface area contributed by atoms with Gasteiger partial charge < -0.3 is 16.4 Å². The number of nitrogens with one attached hydrogen (secondary N) is 2. The molecule has 2 unspecified atom stereocenters. The van der Waals surface area contributed by atoms with Crippen LogP contribution in [-0.4, -0.2) is 18.1 Å². The minimum absolute atomic E-state index is 0.0525. The summed E-state index contributed by atoms with van der Waals surface area (Å²) in [5.74, 6) is 0. The molecule has 2 atom stereocenters. The quantitative estimate of drug-likeness (QED) is 0.737. The molecule has 5 nitrogen and oxygen atoms in total. The van der Waals surface area contributed by atoms with Crippen LogP contribution < -0.4 is 16.4 Å². The molecule has 94 valence electrons. The molecule has 0 radical (unpaired) electrons. The highest BCUT2D eigenvalue weighted by Crippen LogP contribution is 2.17. The molecule has 1 saturated carbocycles. The molecule has 4 N–H and O–H groups in total. The Bertz CT molecular complexity index is 463. The number of urea groups is 1. The molecule has 1 fully saturated rings. The summed E-state index contributed by atoms with van der Waals surface area (Å²) in [6.07, 6.45) is 2.95. The van der Waals surface area contributed by atoms with E-state index in [1.807, 2.05) is 6.07 Å². The first kappa shape index (κ1) is 12.4. The molecule has 5 heteroatoms. The van der Waals surface area contributed by atoms with Gasteiger partial charge >= 0.3 is 6.03 Å². The molecule has 0 bridgehead atoms. The number of rotatable bonds is 2. The third-order valence-corrected chi connectivity index (χ3v) is 3.16. The Morgan fingerprint density at radius 2 is 2.06 bits per heavy atom. The maximum absolute atomic E-state index is 11.7. The molecule has 18 heavy (non-hydrogen) atoms. The van der Waals surface area contributed by atoms with Gasteiger partial charge in [0.1, 0.15) is 0 Å². The molecule has 2 rings (SSSR count). The van der Waals surface area contributed by atoms with E-state index in [1.165, 1.54) is 0 Å². The van der Waals surface area contributed by atoms with Crippen molar-refractivity contribution >= 4 is 11.7 Å².